The van der Waals surface area contributed by atoms with Crippen molar-refractivity contribution in [2.24, 2.45) is 5.92 Å². The van der Waals surface area contributed by atoms with E-state index in [9.17, 15) is 26.3 Å². The Morgan fingerprint density at radius 3 is 2.50 bits per heavy atom. The van der Waals surface area contributed by atoms with E-state index in [1.54, 1.807) is 0 Å². The first-order chi connectivity index (χ1) is 11.1. The van der Waals surface area contributed by atoms with Crippen LogP contribution < -0.4 is 0 Å². The van der Waals surface area contributed by atoms with Crippen molar-refractivity contribution in [3.8, 4) is 0 Å². The molecule has 1 aliphatic rings. The highest BCUT2D eigenvalue weighted by molar-refractivity contribution is 5.27. The summed E-state index contributed by atoms with van der Waals surface area (Å²) in [4.78, 5) is 1.45. The smallest absolute Gasteiger partial charge is 0.396 e. The van der Waals surface area contributed by atoms with E-state index in [0.717, 1.165) is 12.1 Å². The fourth-order valence-electron chi connectivity index (χ4n) is 2.56. The van der Waals surface area contributed by atoms with Crippen LogP contribution in [0.4, 0.5) is 26.3 Å². The molecule has 0 radical (unpaired) electrons. The molecule has 0 saturated carbocycles. The molecule has 1 aromatic rings. The summed E-state index contributed by atoms with van der Waals surface area (Å²) in [6.45, 7) is -1.08. The van der Waals surface area contributed by atoms with Gasteiger partial charge in [-0.05, 0) is 17.7 Å². The van der Waals surface area contributed by atoms with E-state index in [1.165, 1.54) is 17.0 Å². The van der Waals surface area contributed by atoms with Crippen LogP contribution in [-0.4, -0.2) is 49.0 Å². The molecule has 1 fully saturated rings. The summed E-state index contributed by atoms with van der Waals surface area (Å²) in [6, 6.07) is 4.57. The number of aliphatic hydroxyl groups is 1. The lowest BCUT2D eigenvalue weighted by Gasteiger charge is -2.35. The second-order valence-corrected chi connectivity index (χ2v) is 5.66. The molecule has 9 heteroatoms. The zero-order valence-electron chi connectivity index (χ0n) is 12.6. The van der Waals surface area contributed by atoms with E-state index in [4.69, 9.17) is 9.84 Å². The molecule has 2 unspecified atom stereocenters. The van der Waals surface area contributed by atoms with E-state index < -0.39 is 43.1 Å². The zero-order valence-corrected chi connectivity index (χ0v) is 12.6. The van der Waals surface area contributed by atoms with E-state index in [2.05, 4.69) is 0 Å². The highest BCUT2D eigenvalue weighted by Crippen LogP contribution is 2.33. The Kier molecular flexibility index (Phi) is 5.77. The summed E-state index contributed by atoms with van der Waals surface area (Å²) >= 11 is 0. The lowest BCUT2D eigenvalue weighted by atomic mass is 10.0. The highest BCUT2D eigenvalue weighted by atomic mass is 19.4. The minimum Gasteiger partial charge on any atom is -0.396 e. The molecule has 1 N–H and O–H groups in total. The number of benzene rings is 1. The van der Waals surface area contributed by atoms with Gasteiger partial charge >= 0.3 is 12.4 Å². The van der Waals surface area contributed by atoms with Gasteiger partial charge in [-0.2, -0.15) is 26.3 Å². The predicted molar refractivity (Wildman–Crippen MR) is 73.2 cm³/mol. The Balaban J connectivity index is 2.08. The summed E-state index contributed by atoms with van der Waals surface area (Å²) in [7, 11) is 0. The summed E-state index contributed by atoms with van der Waals surface area (Å²) in [5.74, 6) is -1.89. The van der Waals surface area contributed by atoms with Crippen LogP contribution in [0.2, 0.25) is 0 Å². The maximum Gasteiger partial charge on any atom is 0.416 e. The Morgan fingerprint density at radius 2 is 1.92 bits per heavy atom. The van der Waals surface area contributed by atoms with E-state index in [-0.39, 0.29) is 25.3 Å². The molecule has 2 atom stereocenters. The Bertz CT molecular complexity index is 546. The minimum atomic E-state index is -4.53. The van der Waals surface area contributed by atoms with Crippen LogP contribution in [0.25, 0.3) is 0 Å². The van der Waals surface area contributed by atoms with Crippen molar-refractivity contribution in [2.45, 2.75) is 18.5 Å². The van der Waals surface area contributed by atoms with Crippen LogP contribution >= 0.6 is 0 Å². The van der Waals surface area contributed by atoms with Crippen molar-refractivity contribution in [3.63, 3.8) is 0 Å². The molecular formula is C15H17F6NO2. The van der Waals surface area contributed by atoms with Crippen molar-refractivity contribution in [1.82, 2.24) is 4.90 Å². The standard InChI is InChI=1S/C15H17F6NO2/c16-14(17,18)11-3-1-2-10(6-11)13-8-22(4-5-24-13)7-12(9-23)15(19,20)21/h1-3,6,12-13,23H,4-5,7-9H2. The second-order valence-electron chi connectivity index (χ2n) is 5.66. The summed E-state index contributed by atoms with van der Waals surface area (Å²) < 4.78 is 81.9. The molecule has 1 saturated heterocycles. The summed E-state index contributed by atoms with van der Waals surface area (Å²) in [5, 5.41) is 8.90. The molecule has 2 rings (SSSR count). The Morgan fingerprint density at radius 1 is 1.21 bits per heavy atom. The van der Waals surface area contributed by atoms with Crippen LogP contribution in [-0.2, 0) is 10.9 Å². The van der Waals surface area contributed by atoms with E-state index in [1.807, 2.05) is 0 Å². The molecule has 0 aliphatic carbocycles. The van der Waals surface area contributed by atoms with E-state index >= 15 is 0 Å². The van der Waals surface area contributed by atoms with Gasteiger partial charge in [0.15, 0.2) is 0 Å². The molecule has 1 heterocycles. The van der Waals surface area contributed by atoms with Crippen LogP contribution in [0.3, 0.4) is 0 Å². The highest BCUT2D eigenvalue weighted by Gasteiger charge is 2.41. The van der Waals surface area contributed by atoms with Crippen molar-refractivity contribution in [1.29, 1.82) is 0 Å². The van der Waals surface area contributed by atoms with Crippen LogP contribution in [0.15, 0.2) is 24.3 Å². The average Bonchev–Trinajstić information content (AvgIpc) is 2.51. The lowest BCUT2D eigenvalue weighted by molar-refractivity contribution is -0.191. The number of hydrogen-bond donors (Lipinski definition) is 1. The van der Waals surface area contributed by atoms with Gasteiger partial charge in [-0.3, -0.25) is 4.90 Å². The third-order valence-corrected chi connectivity index (χ3v) is 3.90. The van der Waals surface area contributed by atoms with Crippen molar-refractivity contribution >= 4 is 0 Å². The topological polar surface area (TPSA) is 32.7 Å². The molecule has 1 aromatic carbocycles. The summed E-state index contributed by atoms with van der Waals surface area (Å²) in [6.07, 6.45) is -9.77. The molecule has 0 aromatic heterocycles. The summed E-state index contributed by atoms with van der Waals surface area (Å²) in [5.41, 5.74) is -0.564. The van der Waals surface area contributed by atoms with Gasteiger partial charge in [-0.15, -0.1) is 0 Å². The molecule has 24 heavy (non-hydrogen) atoms. The van der Waals surface area contributed by atoms with Gasteiger partial charge in [0, 0.05) is 19.6 Å². The largest absolute Gasteiger partial charge is 0.416 e. The van der Waals surface area contributed by atoms with Gasteiger partial charge in [0.25, 0.3) is 0 Å². The number of rotatable bonds is 4. The molecule has 1 aliphatic heterocycles. The van der Waals surface area contributed by atoms with Gasteiger partial charge in [0.05, 0.1) is 30.8 Å². The first-order valence-electron chi connectivity index (χ1n) is 7.30. The number of ether oxygens (including phenoxy) is 1. The van der Waals surface area contributed by atoms with Crippen molar-refractivity contribution < 1.29 is 36.2 Å². The molecule has 0 bridgehead atoms. The molecule has 136 valence electrons. The van der Waals surface area contributed by atoms with Gasteiger partial charge in [0.1, 0.15) is 0 Å². The van der Waals surface area contributed by atoms with Gasteiger partial charge in [-0.1, -0.05) is 12.1 Å². The first kappa shape index (κ1) is 19.0. The van der Waals surface area contributed by atoms with Crippen molar-refractivity contribution in [3.05, 3.63) is 35.4 Å². The minimum absolute atomic E-state index is 0.0356. The second kappa shape index (κ2) is 7.28. The maximum absolute atomic E-state index is 12.8. The number of nitrogens with zero attached hydrogens (tertiary/aromatic N) is 1. The normalized spacial score (nSPS) is 21.7. The number of morpholine rings is 1. The quantitative estimate of drug-likeness (QED) is 0.840. The number of alkyl halides is 6. The maximum atomic E-state index is 12.8. The molecular weight excluding hydrogens is 340 g/mol. The number of halogens is 6. The van der Waals surface area contributed by atoms with Gasteiger partial charge < -0.3 is 9.84 Å². The average molecular weight is 357 g/mol. The van der Waals surface area contributed by atoms with Gasteiger partial charge in [0.2, 0.25) is 0 Å². The third kappa shape index (κ3) is 4.84. The number of hydrogen-bond acceptors (Lipinski definition) is 3. The lowest BCUT2D eigenvalue weighted by Crippen LogP contribution is -2.45. The molecule has 0 amide bonds. The Labute approximate surface area is 134 Å². The predicted octanol–water partition coefficient (Wildman–Crippen LogP) is 3.25. The van der Waals surface area contributed by atoms with Gasteiger partial charge in [-0.25, -0.2) is 0 Å². The van der Waals surface area contributed by atoms with Crippen LogP contribution in [0, 0.1) is 5.92 Å². The molecule has 3 nitrogen and oxygen atoms in total. The van der Waals surface area contributed by atoms with Crippen LogP contribution in [0.1, 0.15) is 17.2 Å². The van der Waals surface area contributed by atoms with E-state index in [0.29, 0.717) is 0 Å². The third-order valence-electron chi connectivity index (χ3n) is 3.90. The fraction of sp³-hybridized carbons (Fsp3) is 0.600. The van der Waals surface area contributed by atoms with Crippen molar-refractivity contribution in [2.75, 3.05) is 32.8 Å². The fourth-order valence-corrected chi connectivity index (χ4v) is 2.56. The first-order valence-corrected chi connectivity index (χ1v) is 7.30. The molecule has 0 spiro atoms. The monoisotopic (exact) mass is 357 g/mol. The Hall–Kier alpha value is -1.32. The van der Waals surface area contributed by atoms with Crippen LogP contribution in [0.5, 0.6) is 0 Å². The zero-order chi connectivity index (χ0) is 18.0. The SMILES string of the molecule is OCC(CN1CCOC(c2cccc(C(F)(F)F)c2)C1)C(F)(F)F. The number of aliphatic hydroxyl groups excluding tert-OH is 1.